The van der Waals surface area contributed by atoms with Gasteiger partial charge in [-0.25, -0.2) is 4.68 Å². The molecule has 3 rings (SSSR count). The maximum absolute atomic E-state index is 12.5. The molecule has 0 saturated heterocycles. The van der Waals surface area contributed by atoms with Crippen LogP contribution < -0.4 is 0 Å². The standard InChI is InChI=1S/C19H22ClN5O2S/c1-19(2,3)25-18(21-22-23-25)28-12-17(26)24(4)11-15-9-10-16(27-15)13-5-7-14(20)8-6-13/h5-10H,11-12H2,1-4H3. The van der Waals surface area contributed by atoms with Crippen LogP contribution in [0.2, 0.25) is 5.02 Å². The fourth-order valence-corrected chi connectivity index (χ4v) is 3.61. The van der Waals surface area contributed by atoms with Crippen molar-refractivity contribution < 1.29 is 9.21 Å². The highest BCUT2D eigenvalue weighted by Gasteiger charge is 2.21. The Bertz CT molecular complexity index is 946. The van der Waals surface area contributed by atoms with E-state index in [0.717, 1.165) is 11.3 Å². The summed E-state index contributed by atoms with van der Waals surface area (Å²) in [5.74, 6) is 1.67. The largest absolute Gasteiger partial charge is 0.459 e. The van der Waals surface area contributed by atoms with E-state index < -0.39 is 0 Å². The van der Waals surface area contributed by atoms with Crippen LogP contribution in [0.4, 0.5) is 0 Å². The fraction of sp³-hybridized carbons (Fsp3) is 0.368. The van der Waals surface area contributed by atoms with Gasteiger partial charge in [-0.05, 0) is 67.6 Å². The zero-order valence-electron chi connectivity index (χ0n) is 16.2. The second-order valence-corrected chi connectivity index (χ2v) is 8.73. The van der Waals surface area contributed by atoms with Crippen molar-refractivity contribution in [3.63, 3.8) is 0 Å². The lowest BCUT2D eigenvalue weighted by molar-refractivity contribution is -0.127. The Morgan fingerprint density at radius 1 is 1.21 bits per heavy atom. The molecule has 0 radical (unpaired) electrons. The smallest absolute Gasteiger partial charge is 0.233 e. The molecule has 0 N–H and O–H groups in total. The monoisotopic (exact) mass is 419 g/mol. The van der Waals surface area contributed by atoms with Crippen molar-refractivity contribution in [1.29, 1.82) is 0 Å². The molecule has 1 aromatic carbocycles. The molecule has 1 amide bonds. The van der Waals surface area contributed by atoms with Gasteiger partial charge in [0.05, 0.1) is 17.8 Å². The van der Waals surface area contributed by atoms with E-state index in [1.165, 1.54) is 11.8 Å². The molecule has 148 valence electrons. The van der Waals surface area contributed by atoms with Gasteiger partial charge in [0, 0.05) is 17.6 Å². The molecule has 0 aliphatic carbocycles. The number of tetrazole rings is 1. The highest BCUT2D eigenvalue weighted by atomic mass is 35.5. The van der Waals surface area contributed by atoms with Crippen molar-refractivity contribution in [2.24, 2.45) is 0 Å². The minimum atomic E-state index is -0.243. The number of nitrogens with zero attached hydrogens (tertiary/aromatic N) is 5. The molecule has 9 heteroatoms. The number of aromatic nitrogens is 4. The number of thioether (sulfide) groups is 1. The SMILES string of the molecule is CN(Cc1ccc(-c2ccc(Cl)cc2)o1)C(=O)CSc1nnnn1C(C)(C)C. The lowest BCUT2D eigenvalue weighted by Gasteiger charge is -2.20. The zero-order valence-corrected chi connectivity index (χ0v) is 17.8. The van der Waals surface area contributed by atoms with Crippen LogP contribution in [0.15, 0.2) is 46.0 Å². The summed E-state index contributed by atoms with van der Waals surface area (Å²) in [7, 11) is 1.75. The van der Waals surface area contributed by atoms with Crippen molar-refractivity contribution in [2.75, 3.05) is 12.8 Å². The van der Waals surface area contributed by atoms with Gasteiger partial charge in [0.1, 0.15) is 11.5 Å². The van der Waals surface area contributed by atoms with Crippen LogP contribution in [-0.2, 0) is 16.9 Å². The van der Waals surface area contributed by atoms with Crippen LogP contribution in [0.5, 0.6) is 0 Å². The molecule has 0 aliphatic rings. The van der Waals surface area contributed by atoms with Crippen LogP contribution in [-0.4, -0.2) is 43.8 Å². The molecule has 28 heavy (non-hydrogen) atoms. The number of carbonyl (C=O) groups excluding carboxylic acids is 1. The van der Waals surface area contributed by atoms with E-state index in [9.17, 15) is 4.79 Å². The normalized spacial score (nSPS) is 11.6. The number of halogens is 1. The summed E-state index contributed by atoms with van der Waals surface area (Å²) < 4.78 is 7.58. The summed E-state index contributed by atoms with van der Waals surface area (Å²) in [6.45, 7) is 6.42. The molecule has 7 nitrogen and oxygen atoms in total. The molecule has 0 spiro atoms. The first-order valence-corrected chi connectivity index (χ1v) is 10.1. The van der Waals surface area contributed by atoms with Crippen molar-refractivity contribution in [3.05, 3.63) is 47.2 Å². The molecular weight excluding hydrogens is 398 g/mol. The Morgan fingerprint density at radius 2 is 1.93 bits per heavy atom. The molecule has 0 unspecified atom stereocenters. The van der Waals surface area contributed by atoms with Gasteiger partial charge in [-0.2, -0.15) is 0 Å². The van der Waals surface area contributed by atoms with Crippen molar-refractivity contribution in [3.8, 4) is 11.3 Å². The summed E-state index contributed by atoms with van der Waals surface area (Å²) in [5.41, 5.74) is 0.696. The van der Waals surface area contributed by atoms with Crippen LogP contribution in [0.1, 0.15) is 26.5 Å². The lowest BCUT2D eigenvalue weighted by Crippen LogP contribution is -2.28. The number of hydrogen-bond acceptors (Lipinski definition) is 6. The van der Waals surface area contributed by atoms with Gasteiger partial charge in [-0.15, -0.1) is 5.10 Å². The molecule has 0 saturated carbocycles. The third-order valence-corrected chi connectivity index (χ3v) is 5.17. The molecule has 0 bridgehead atoms. The van der Waals surface area contributed by atoms with E-state index in [1.807, 2.05) is 57.2 Å². The van der Waals surface area contributed by atoms with Gasteiger partial charge in [-0.1, -0.05) is 23.4 Å². The second kappa shape index (κ2) is 8.36. The minimum Gasteiger partial charge on any atom is -0.459 e. The highest BCUT2D eigenvalue weighted by molar-refractivity contribution is 7.99. The summed E-state index contributed by atoms with van der Waals surface area (Å²) in [6, 6.07) is 11.2. The van der Waals surface area contributed by atoms with Gasteiger partial charge in [0.2, 0.25) is 11.1 Å². The first-order chi connectivity index (χ1) is 13.2. The van der Waals surface area contributed by atoms with Crippen molar-refractivity contribution >= 4 is 29.3 Å². The molecule has 0 fully saturated rings. The first-order valence-electron chi connectivity index (χ1n) is 8.74. The predicted octanol–water partition coefficient (Wildman–Crippen LogP) is 4.09. The third kappa shape index (κ3) is 4.94. The third-order valence-electron chi connectivity index (χ3n) is 4.01. The molecule has 0 aliphatic heterocycles. The molecule has 3 aromatic rings. The van der Waals surface area contributed by atoms with Crippen LogP contribution in [0.25, 0.3) is 11.3 Å². The van der Waals surface area contributed by atoms with Crippen molar-refractivity contribution in [1.82, 2.24) is 25.1 Å². The average Bonchev–Trinajstić information content (AvgIpc) is 3.29. The van der Waals surface area contributed by atoms with E-state index in [4.69, 9.17) is 16.0 Å². The second-order valence-electron chi connectivity index (χ2n) is 7.36. The summed E-state index contributed by atoms with van der Waals surface area (Å²) in [6.07, 6.45) is 0. The zero-order chi connectivity index (χ0) is 20.3. The van der Waals surface area contributed by atoms with E-state index in [-0.39, 0.29) is 17.2 Å². The Morgan fingerprint density at radius 3 is 2.61 bits per heavy atom. The summed E-state index contributed by atoms with van der Waals surface area (Å²) >= 11 is 7.24. The van der Waals surface area contributed by atoms with Crippen LogP contribution in [0, 0.1) is 0 Å². The summed E-state index contributed by atoms with van der Waals surface area (Å²) in [5, 5.41) is 13.0. The van der Waals surface area contributed by atoms with Gasteiger partial charge in [0.25, 0.3) is 0 Å². The number of amides is 1. The minimum absolute atomic E-state index is 0.0297. The average molecular weight is 420 g/mol. The Balaban J connectivity index is 1.58. The number of carbonyl (C=O) groups is 1. The fourth-order valence-electron chi connectivity index (χ4n) is 2.48. The predicted molar refractivity (Wildman–Crippen MR) is 109 cm³/mol. The lowest BCUT2D eigenvalue weighted by atomic mass is 10.1. The van der Waals surface area contributed by atoms with E-state index in [1.54, 1.807) is 16.6 Å². The van der Waals surface area contributed by atoms with Crippen LogP contribution in [0.3, 0.4) is 0 Å². The van der Waals surface area contributed by atoms with E-state index in [0.29, 0.717) is 22.5 Å². The van der Waals surface area contributed by atoms with Gasteiger partial charge in [0.15, 0.2) is 0 Å². The Hall–Kier alpha value is -2.32. The maximum Gasteiger partial charge on any atom is 0.233 e. The molecular formula is C19H22ClN5O2S. The van der Waals surface area contributed by atoms with E-state index in [2.05, 4.69) is 15.5 Å². The number of benzene rings is 1. The van der Waals surface area contributed by atoms with E-state index >= 15 is 0 Å². The Labute approximate surface area is 173 Å². The number of hydrogen-bond donors (Lipinski definition) is 0. The summed E-state index contributed by atoms with van der Waals surface area (Å²) in [4.78, 5) is 14.1. The van der Waals surface area contributed by atoms with Gasteiger partial charge in [-0.3, -0.25) is 4.79 Å². The quantitative estimate of drug-likeness (QED) is 0.560. The topological polar surface area (TPSA) is 77.1 Å². The van der Waals surface area contributed by atoms with Crippen LogP contribution >= 0.6 is 23.4 Å². The van der Waals surface area contributed by atoms with Crippen molar-refractivity contribution in [2.45, 2.75) is 38.0 Å². The molecule has 2 aromatic heterocycles. The maximum atomic E-state index is 12.5. The first kappa shape index (κ1) is 20.4. The van der Waals surface area contributed by atoms with Gasteiger partial charge < -0.3 is 9.32 Å². The number of rotatable bonds is 6. The highest BCUT2D eigenvalue weighted by Crippen LogP contribution is 2.25. The molecule has 0 atom stereocenters. The number of furan rings is 1. The Kier molecular flexibility index (Phi) is 6.10. The molecule has 2 heterocycles. The van der Waals surface area contributed by atoms with Gasteiger partial charge >= 0.3 is 0 Å².